The smallest absolute Gasteiger partial charge is 0.246 e. The Kier molecular flexibility index (Phi) is 8.09. The molecule has 2 aromatic heterocycles. The van der Waals surface area contributed by atoms with E-state index in [2.05, 4.69) is 39.1 Å². The van der Waals surface area contributed by atoms with Crippen LogP contribution in [0.4, 0.5) is 0 Å². The van der Waals surface area contributed by atoms with Crippen molar-refractivity contribution >= 4 is 23.6 Å². The number of carbonyl (C=O) groups excluding carboxylic acids is 1. The zero-order chi connectivity index (χ0) is 24.8. The minimum atomic E-state index is -0.0134. The highest BCUT2D eigenvalue weighted by Gasteiger charge is 2.26. The van der Waals surface area contributed by atoms with Gasteiger partial charge in [0.1, 0.15) is 5.75 Å². The van der Waals surface area contributed by atoms with E-state index in [1.54, 1.807) is 19.2 Å². The Morgan fingerprint density at radius 1 is 1.26 bits per heavy atom. The first-order valence-corrected chi connectivity index (χ1v) is 11.9. The standard InChI is InChI=1S/C25H29ClN7O2/c1-4-35-24-9-8-23(27-14-24)17-31-11-12-32(18(2)15-31)25(34)10-6-20-5-7-22(26)13-21(20)16-33-29-19(3)28-30-33/h5-10,13-14,18H,1,4,11-12,15-17H2,2-3H3. The van der Waals surface area contributed by atoms with Crippen molar-refractivity contribution in [2.45, 2.75) is 33.0 Å². The minimum absolute atomic E-state index is 0.0134. The molecule has 3 heterocycles. The van der Waals surface area contributed by atoms with E-state index in [-0.39, 0.29) is 11.9 Å². The lowest BCUT2D eigenvalue weighted by molar-refractivity contribution is -0.130. The zero-order valence-electron chi connectivity index (χ0n) is 20.0. The van der Waals surface area contributed by atoms with E-state index in [0.717, 1.165) is 42.2 Å². The van der Waals surface area contributed by atoms with Gasteiger partial charge in [-0.05, 0) is 67.5 Å². The molecular formula is C25H29ClN7O2. The van der Waals surface area contributed by atoms with Crippen molar-refractivity contribution in [2.24, 2.45) is 0 Å². The number of amides is 1. The Balaban J connectivity index is 1.36. The van der Waals surface area contributed by atoms with Gasteiger partial charge in [-0.2, -0.15) is 4.80 Å². The average Bonchev–Trinajstić information content (AvgIpc) is 3.24. The van der Waals surface area contributed by atoms with Crippen LogP contribution in [0.2, 0.25) is 5.02 Å². The maximum atomic E-state index is 13.0. The fourth-order valence-corrected chi connectivity index (χ4v) is 4.31. The van der Waals surface area contributed by atoms with E-state index < -0.39 is 0 Å². The van der Waals surface area contributed by atoms with E-state index in [4.69, 9.17) is 16.3 Å². The van der Waals surface area contributed by atoms with Crippen molar-refractivity contribution in [3.8, 4) is 5.75 Å². The maximum absolute atomic E-state index is 13.0. The number of hydrogen-bond acceptors (Lipinski definition) is 7. The van der Waals surface area contributed by atoms with Crippen LogP contribution in [0.15, 0.2) is 42.6 Å². The summed E-state index contributed by atoms with van der Waals surface area (Å²) in [5, 5.41) is 12.8. The number of piperazine rings is 1. The lowest BCUT2D eigenvalue weighted by Gasteiger charge is -2.39. The third-order valence-corrected chi connectivity index (χ3v) is 6.06. The molecule has 0 saturated carbocycles. The lowest BCUT2D eigenvalue weighted by atomic mass is 10.1. The van der Waals surface area contributed by atoms with Crippen LogP contribution >= 0.6 is 11.6 Å². The van der Waals surface area contributed by atoms with Crippen LogP contribution in [-0.2, 0) is 17.9 Å². The van der Waals surface area contributed by atoms with Crippen molar-refractivity contribution in [1.29, 1.82) is 0 Å². The summed E-state index contributed by atoms with van der Waals surface area (Å²) in [6, 6.07) is 9.52. The molecule has 10 heteroatoms. The van der Waals surface area contributed by atoms with Gasteiger partial charge in [0, 0.05) is 43.3 Å². The molecule has 1 aliphatic rings. The predicted molar refractivity (Wildman–Crippen MR) is 134 cm³/mol. The summed E-state index contributed by atoms with van der Waals surface area (Å²) in [5.41, 5.74) is 2.78. The van der Waals surface area contributed by atoms with Crippen molar-refractivity contribution in [1.82, 2.24) is 35.0 Å². The molecule has 1 aromatic carbocycles. The third-order valence-electron chi connectivity index (χ3n) is 5.82. The first kappa shape index (κ1) is 24.8. The summed E-state index contributed by atoms with van der Waals surface area (Å²) in [5.74, 6) is 1.31. The molecule has 0 bridgehead atoms. The van der Waals surface area contributed by atoms with Crippen LogP contribution in [0.25, 0.3) is 6.08 Å². The number of aryl methyl sites for hydroxylation is 1. The van der Waals surface area contributed by atoms with Gasteiger partial charge in [-0.25, -0.2) is 0 Å². The number of carbonyl (C=O) groups is 1. The van der Waals surface area contributed by atoms with Gasteiger partial charge in [-0.3, -0.25) is 14.7 Å². The number of pyridine rings is 1. The molecule has 0 spiro atoms. The summed E-state index contributed by atoms with van der Waals surface area (Å²) in [6.07, 6.45) is 5.18. The number of ether oxygens (including phenoxy) is 1. The van der Waals surface area contributed by atoms with E-state index in [1.165, 1.54) is 4.80 Å². The van der Waals surface area contributed by atoms with Crippen molar-refractivity contribution in [3.63, 3.8) is 0 Å². The topological polar surface area (TPSA) is 89.3 Å². The monoisotopic (exact) mass is 494 g/mol. The number of rotatable bonds is 8. The Labute approximate surface area is 210 Å². The van der Waals surface area contributed by atoms with E-state index in [1.807, 2.05) is 41.3 Å². The van der Waals surface area contributed by atoms with Gasteiger partial charge in [-0.15, -0.1) is 10.2 Å². The van der Waals surface area contributed by atoms with E-state index in [0.29, 0.717) is 30.5 Å². The number of aromatic nitrogens is 5. The number of hydrogen-bond donors (Lipinski definition) is 0. The summed E-state index contributed by atoms with van der Waals surface area (Å²) in [6.45, 7) is 11.3. The van der Waals surface area contributed by atoms with Crippen LogP contribution in [0.5, 0.6) is 5.75 Å². The van der Waals surface area contributed by atoms with Gasteiger partial charge >= 0.3 is 0 Å². The van der Waals surface area contributed by atoms with Crippen LogP contribution in [-0.4, -0.2) is 73.2 Å². The highest BCUT2D eigenvalue weighted by Crippen LogP contribution is 2.20. The SMILES string of the molecule is [CH2]COc1ccc(CN2CCN(C(=O)C=Cc3ccc(Cl)cc3Cn3nnc(C)n3)C(C)C2)nc1. The van der Waals surface area contributed by atoms with Gasteiger partial charge in [0.25, 0.3) is 0 Å². The fraction of sp³-hybridized carbons (Fsp3) is 0.360. The molecule has 1 unspecified atom stereocenters. The molecule has 0 N–H and O–H groups in total. The molecule has 3 aromatic rings. The number of nitrogens with zero attached hydrogens (tertiary/aromatic N) is 7. The molecule has 1 atom stereocenters. The highest BCUT2D eigenvalue weighted by atomic mass is 35.5. The quantitative estimate of drug-likeness (QED) is 0.444. The Morgan fingerprint density at radius 3 is 2.80 bits per heavy atom. The second kappa shape index (κ2) is 11.4. The molecule has 35 heavy (non-hydrogen) atoms. The van der Waals surface area contributed by atoms with Gasteiger partial charge in [0.05, 0.1) is 25.0 Å². The van der Waals surface area contributed by atoms with Crippen LogP contribution in [0.3, 0.4) is 0 Å². The summed E-state index contributed by atoms with van der Waals surface area (Å²) < 4.78 is 5.35. The Bertz CT molecular complexity index is 1180. The van der Waals surface area contributed by atoms with Crippen LogP contribution < -0.4 is 4.74 Å². The molecule has 9 nitrogen and oxygen atoms in total. The largest absolute Gasteiger partial charge is 0.492 e. The van der Waals surface area contributed by atoms with E-state index in [9.17, 15) is 4.79 Å². The molecule has 1 saturated heterocycles. The van der Waals surface area contributed by atoms with Crippen LogP contribution in [0, 0.1) is 13.8 Å². The van der Waals surface area contributed by atoms with E-state index >= 15 is 0 Å². The first-order valence-electron chi connectivity index (χ1n) is 11.5. The molecule has 1 aliphatic heterocycles. The molecule has 1 radical (unpaired) electrons. The molecule has 183 valence electrons. The molecule has 1 fully saturated rings. The normalized spacial score (nSPS) is 16.7. The van der Waals surface area contributed by atoms with Gasteiger partial charge in [-0.1, -0.05) is 17.7 Å². The number of tetrazole rings is 1. The van der Waals surface area contributed by atoms with Gasteiger partial charge < -0.3 is 9.64 Å². The minimum Gasteiger partial charge on any atom is -0.492 e. The second-order valence-electron chi connectivity index (χ2n) is 8.49. The van der Waals surface area contributed by atoms with Gasteiger partial charge in [0.2, 0.25) is 5.91 Å². The highest BCUT2D eigenvalue weighted by molar-refractivity contribution is 6.30. The Hall–Kier alpha value is -3.30. The van der Waals surface area contributed by atoms with Crippen LogP contribution in [0.1, 0.15) is 29.6 Å². The van der Waals surface area contributed by atoms with Crippen molar-refractivity contribution in [3.05, 3.63) is 77.2 Å². The lowest BCUT2D eigenvalue weighted by Crippen LogP contribution is -2.53. The molecule has 4 rings (SSSR count). The maximum Gasteiger partial charge on any atom is 0.246 e. The number of halogens is 1. The first-order chi connectivity index (χ1) is 16.9. The van der Waals surface area contributed by atoms with Crippen molar-refractivity contribution in [2.75, 3.05) is 26.2 Å². The third kappa shape index (κ3) is 6.64. The summed E-state index contributed by atoms with van der Waals surface area (Å²) in [4.78, 5) is 23.2. The summed E-state index contributed by atoms with van der Waals surface area (Å²) in [7, 11) is 0. The average molecular weight is 495 g/mol. The summed E-state index contributed by atoms with van der Waals surface area (Å²) >= 11 is 6.20. The molecule has 0 aliphatic carbocycles. The molecular weight excluding hydrogens is 466 g/mol. The van der Waals surface area contributed by atoms with Gasteiger partial charge in [0.15, 0.2) is 5.82 Å². The number of benzene rings is 1. The predicted octanol–water partition coefficient (Wildman–Crippen LogP) is 3.04. The van der Waals surface area contributed by atoms with Crippen molar-refractivity contribution < 1.29 is 9.53 Å². The zero-order valence-corrected chi connectivity index (χ0v) is 20.7. The fourth-order valence-electron chi connectivity index (χ4n) is 4.11. The second-order valence-corrected chi connectivity index (χ2v) is 8.93. The molecule has 1 amide bonds. The Morgan fingerprint density at radius 2 is 2.11 bits per heavy atom.